The van der Waals surface area contributed by atoms with Gasteiger partial charge in [0, 0.05) is 19.6 Å². The van der Waals surface area contributed by atoms with Crippen molar-refractivity contribution in [2.75, 3.05) is 40.3 Å². The second-order valence-electron chi connectivity index (χ2n) is 5.27. The Bertz CT molecular complexity index is 215. The lowest BCUT2D eigenvalue weighted by atomic mass is 9.93. The fourth-order valence-electron chi connectivity index (χ4n) is 1.55. The molecule has 0 aliphatic rings. The van der Waals surface area contributed by atoms with Gasteiger partial charge in [-0.1, -0.05) is 6.92 Å². The van der Waals surface area contributed by atoms with Crippen LogP contribution in [0.4, 0.5) is 0 Å². The lowest BCUT2D eigenvalue weighted by Crippen LogP contribution is -2.42. The Labute approximate surface area is 99.2 Å². The monoisotopic (exact) mass is 230 g/mol. The van der Waals surface area contributed by atoms with E-state index in [4.69, 9.17) is 5.11 Å². The molecule has 0 aromatic heterocycles. The molecule has 0 spiro atoms. The van der Waals surface area contributed by atoms with Crippen molar-refractivity contribution < 1.29 is 9.90 Å². The van der Waals surface area contributed by atoms with Crippen molar-refractivity contribution in [3.05, 3.63) is 0 Å². The van der Waals surface area contributed by atoms with Gasteiger partial charge in [0.1, 0.15) is 0 Å². The predicted molar refractivity (Wildman–Crippen MR) is 66.7 cm³/mol. The quantitative estimate of drug-likeness (QED) is 0.684. The minimum Gasteiger partial charge on any atom is -0.481 e. The molecule has 0 aliphatic heterocycles. The van der Waals surface area contributed by atoms with Gasteiger partial charge in [-0.25, -0.2) is 0 Å². The zero-order chi connectivity index (χ0) is 12.8. The predicted octanol–water partition coefficient (Wildman–Crippen LogP) is 1.37. The van der Waals surface area contributed by atoms with E-state index < -0.39 is 11.4 Å². The molecule has 0 rings (SSSR count). The maximum atomic E-state index is 11.1. The van der Waals surface area contributed by atoms with Gasteiger partial charge in [-0.15, -0.1) is 0 Å². The third kappa shape index (κ3) is 6.08. The second kappa shape index (κ2) is 6.86. The maximum Gasteiger partial charge on any atom is 0.310 e. The van der Waals surface area contributed by atoms with E-state index in [2.05, 4.69) is 16.7 Å². The Hall–Kier alpha value is -0.610. The molecule has 0 bridgehead atoms. The molecule has 1 N–H and O–H groups in total. The van der Waals surface area contributed by atoms with Gasteiger partial charge >= 0.3 is 5.97 Å². The van der Waals surface area contributed by atoms with Gasteiger partial charge in [0.05, 0.1) is 5.41 Å². The summed E-state index contributed by atoms with van der Waals surface area (Å²) in [7, 11) is 4.07. The maximum absolute atomic E-state index is 11.1. The van der Waals surface area contributed by atoms with E-state index in [-0.39, 0.29) is 0 Å². The zero-order valence-electron chi connectivity index (χ0n) is 11.3. The molecule has 0 heterocycles. The Kier molecular flexibility index (Phi) is 6.60. The van der Waals surface area contributed by atoms with Gasteiger partial charge in [-0.05, 0) is 40.9 Å². The van der Waals surface area contributed by atoms with Crippen molar-refractivity contribution in [1.29, 1.82) is 0 Å². The van der Waals surface area contributed by atoms with Gasteiger partial charge < -0.3 is 14.9 Å². The van der Waals surface area contributed by atoms with Crippen molar-refractivity contribution in [2.45, 2.75) is 27.2 Å². The normalized spacial score (nSPS) is 12.4. The number of rotatable bonds is 8. The number of likely N-dealkylation sites (N-methyl/N-ethyl adjacent to an activating group) is 1. The molecular weight excluding hydrogens is 204 g/mol. The molecule has 96 valence electrons. The summed E-state index contributed by atoms with van der Waals surface area (Å²) >= 11 is 0. The number of hydrogen-bond acceptors (Lipinski definition) is 3. The third-order valence-corrected chi connectivity index (χ3v) is 2.60. The first-order valence-corrected chi connectivity index (χ1v) is 5.90. The lowest BCUT2D eigenvalue weighted by molar-refractivity contribution is -0.148. The summed E-state index contributed by atoms with van der Waals surface area (Å²) in [5, 5.41) is 9.10. The number of nitrogens with zero attached hydrogens (tertiary/aromatic N) is 2. The minimum atomic E-state index is -0.724. The van der Waals surface area contributed by atoms with Crippen LogP contribution in [-0.4, -0.2) is 61.2 Å². The lowest BCUT2D eigenvalue weighted by Gasteiger charge is -2.30. The van der Waals surface area contributed by atoms with Gasteiger partial charge in [-0.2, -0.15) is 0 Å². The summed E-state index contributed by atoms with van der Waals surface area (Å²) in [6, 6.07) is 0. The topological polar surface area (TPSA) is 43.8 Å². The molecule has 0 amide bonds. The number of carboxylic acids is 1. The molecule has 0 aromatic carbocycles. The SMILES string of the molecule is CCCN(CCN(C)C)CC(C)(C)C(=O)O. The number of carboxylic acid groups (broad SMARTS) is 1. The Morgan fingerprint density at radius 3 is 2.12 bits per heavy atom. The first kappa shape index (κ1) is 15.4. The Balaban J connectivity index is 4.26. The standard InChI is InChI=1S/C12H26N2O2/c1-6-7-14(9-8-13(4)5)10-12(2,3)11(15)16/h6-10H2,1-5H3,(H,15,16). The minimum absolute atomic E-state index is 0.615. The van der Waals surface area contributed by atoms with Crippen LogP contribution in [-0.2, 0) is 4.79 Å². The number of carbonyl (C=O) groups is 1. The molecule has 4 heteroatoms. The highest BCUT2D eigenvalue weighted by atomic mass is 16.4. The fraction of sp³-hybridized carbons (Fsp3) is 0.917. The molecule has 4 nitrogen and oxygen atoms in total. The second-order valence-corrected chi connectivity index (χ2v) is 5.27. The van der Waals surface area contributed by atoms with E-state index in [9.17, 15) is 4.79 Å². The van der Waals surface area contributed by atoms with Gasteiger partial charge in [0.25, 0.3) is 0 Å². The van der Waals surface area contributed by atoms with Crippen LogP contribution >= 0.6 is 0 Å². The van der Waals surface area contributed by atoms with Gasteiger partial charge in [0.2, 0.25) is 0 Å². The highest BCUT2D eigenvalue weighted by Crippen LogP contribution is 2.17. The first-order chi connectivity index (χ1) is 7.29. The summed E-state index contributed by atoms with van der Waals surface area (Å²) in [5.74, 6) is -0.724. The van der Waals surface area contributed by atoms with Gasteiger partial charge in [-0.3, -0.25) is 4.79 Å². The van der Waals surface area contributed by atoms with E-state index in [0.29, 0.717) is 6.54 Å². The highest BCUT2D eigenvalue weighted by molar-refractivity contribution is 5.73. The summed E-state index contributed by atoms with van der Waals surface area (Å²) < 4.78 is 0. The molecular formula is C12H26N2O2. The fourth-order valence-corrected chi connectivity index (χ4v) is 1.55. The first-order valence-electron chi connectivity index (χ1n) is 5.90. The molecule has 0 aliphatic carbocycles. The van der Waals surface area contributed by atoms with Gasteiger partial charge in [0.15, 0.2) is 0 Å². The molecule has 0 atom stereocenters. The van der Waals surface area contributed by atoms with E-state index in [1.54, 1.807) is 13.8 Å². The van der Waals surface area contributed by atoms with Crippen LogP contribution in [0.3, 0.4) is 0 Å². The zero-order valence-corrected chi connectivity index (χ0v) is 11.3. The van der Waals surface area contributed by atoms with Crippen LogP contribution in [0, 0.1) is 5.41 Å². The van der Waals surface area contributed by atoms with Crippen molar-refractivity contribution in [3.8, 4) is 0 Å². The number of aliphatic carboxylic acids is 1. The van der Waals surface area contributed by atoms with Crippen LogP contribution < -0.4 is 0 Å². The van der Waals surface area contributed by atoms with Crippen molar-refractivity contribution >= 4 is 5.97 Å². The number of hydrogen-bond donors (Lipinski definition) is 1. The Morgan fingerprint density at radius 2 is 1.75 bits per heavy atom. The molecule has 0 radical (unpaired) electrons. The van der Waals surface area contributed by atoms with Crippen LogP contribution in [0.1, 0.15) is 27.2 Å². The average molecular weight is 230 g/mol. The molecule has 0 saturated carbocycles. The van der Waals surface area contributed by atoms with Crippen LogP contribution in [0.5, 0.6) is 0 Å². The average Bonchev–Trinajstić information content (AvgIpc) is 2.13. The van der Waals surface area contributed by atoms with Crippen LogP contribution in [0.25, 0.3) is 0 Å². The van der Waals surface area contributed by atoms with E-state index in [1.807, 2.05) is 14.1 Å². The van der Waals surface area contributed by atoms with Crippen molar-refractivity contribution in [3.63, 3.8) is 0 Å². The third-order valence-electron chi connectivity index (χ3n) is 2.60. The molecule has 0 unspecified atom stereocenters. The molecule has 0 aromatic rings. The molecule has 0 fully saturated rings. The molecule has 0 saturated heterocycles. The summed E-state index contributed by atoms with van der Waals surface area (Å²) in [4.78, 5) is 15.4. The van der Waals surface area contributed by atoms with Crippen molar-refractivity contribution in [2.24, 2.45) is 5.41 Å². The molecule has 16 heavy (non-hydrogen) atoms. The largest absolute Gasteiger partial charge is 0.481 e. The van der Waals surface area contributed by atoms with Crippen LogP contribution in [0.2, 0.25) is 0 Å². The van der Waals surface area contributed by atoms with E-state index in [0.717, 1.165) is 26.1 Å². The summed E-state index contributed by atoms with van der Waals surface area (Å²) in [5.41, 5.74) is -0.665. The summed E-state index contributed by atoms with van der Waals surface area (Å²) in [6.45, 7) is 9.17. The summed E-state index contributed by atoms with van der Waals surface area (Å²) in [6.07, 6.45) is 1.06. The van der Waals surface area contributed by atoms with Crippen LogP contribution in [0.15, 0.2) is 0 Å². The van der Waals surface area contributed by atoms with E-state index in [1.165, 1.54) is 0 Å². The smallest absolute Gasteiger partial charge is 0.310 e. The Morgan fingerprint density at radius 1 is 1.19 bits per heavy atom. The van der Waals surface area contributed by atoms with E-state index >= 15 is 0 Å². The van der Waals surface area contributed by atoms with Crippen molar-refractivity contribution in [1.82, 2.24) is 9.80 Å². The highest BCUT2D eigenvalue weighted by Gasteiger charge is 2.29.